The number of nitrogens with one attached hydrogen (secondary N) is 1. The van der Waals surface area contributed by atoms with Gasteiger partial charge in [0.1, 0.15) is 0 Å². The van der Waals surface area contributed by atoms with Crippen molar-refractivity contribution in [1.82, 2.24) is 0 Å². The van der Waals surface area contributed by atoms with Crippen molar-refractivity contribution in [1.29, 1.82) is 0 Å². The lowest BCUT2D eigenvalue weighted by Gasteiger charge is -2.31. The molecule has 0 radical (unpaired) electrons. The largest absolute Gasteiger partial charge is 0.384 e. The molecule has 1 aliphatic rings. The first-order valence-electron chi connectivity index (χ1n) is 6.27. The van der Waals surface area contributed by atoms with Gasteiger partial charge in [-0.15, -0.1) is 0 Å². The average Bonchev–Trinajstić information content (AvgIpc) is 2.31. The molecule has 16 heavy (non-hydrogen) atoms. The fraction of sp³-hybridized carbons (Fsp3) is 0.538. The maximum Gasteiger partial charge on any atom is 0.0517 e. The maximum absolute atomic E-state index is 3.62. The van der Waals surface area contributed by atoms with E-state index in [1.54, 1.807) is 0 Å². The molecule has 0 fully saturated rings. The molecule has 0 amide bonds. The van der Waals surface area contributed by atoms with E-state index in [1.165, 1.54) is 40.8 Å². The van der Waals surface area contributed by atoms with Gasteiger partial charge in [-0.3, -0.25) is 0 Å². The highest BCUT2D eigenvalue weighted by Crippen LogP contribution is 2.35. The van der Waals surface area contributed by atoms with Crippen LogP contribution in [0.3, 0.4) is 0 Å². The average molecular weight is 298 g/mol. The molecular weight excluding hydrogens is 278 g/mol. The standard InChI is InChI=1S/C13H20BrNSi/c1-3-16(4-2)11-8-10-6-5-7-12(14)13(10)15-9-11/h5-7,11,15-16H,3-4,8-9H2,1-2H3. The number of hydrogen-bond acceptors (Lipinski definition) is 1. The van der Waals surface area contributed by atoms with E-state index >= 15 is 0 Å². The third kappa shape index (κ3) is 2.35. The minimum Gasteiger partial charge on any atom is -0.384 e. The smallest absolute Gasteiger partial charge is 0.0517 e. The summed E-state index contributed by atoms with van der Waals surface area (Å²) < 4.78 is 1.22. The van der Waals surface area contributed by atoms with E-state index in [9.17, 15) is 0 Å². The van der Waals surface area contributed by atoms with Crippen LogP contribution in [0.4, 0.5) is 5.69 Å². The second kappa shape index (κ2) is 5.37. The van der Waals surface area contributed by atoms with Crippen LogP contribution in [0, 0.1) is 0 Å². The van der Waals surface area contributed by atoms with Crippen molar-refractivity contribution in [3.63, 3.8) is 0 Å². The lowest BCUT2D eigenvalue weighted by atomic mass is 10.0. The Morgan fingerprint density at radius 1 is 1.38 bits per heavy atom. The van der Waals surface area contributed by atoms with Crippen LogP contribution in [0.15, 0.2) is 22.7 Å². The van der Waals surface area contributed by atoms with E-state index in [2.05, 4.69) is 53.3 Å². The van der Waals surface area contributed by atoms with Crippen molar-refractivity contribution < 1.29 is 0 Å². The van der Waals surface area contributed by atoms with Gasteiger partial charge in [-0.1, -0.05) is 38.1 Å². The summed E-state index contributed by atoms with van der Waals surface area (Å²) in [6.45, 7) is 5.93. The molecule has 3 heteroatoms. The van der Waals surface area contributed by atoms with Crippen LogP contribution in [-0.2, 0) is 6.42 Å². The zero-order valence-corrected chi connectivity index (χ0v) is 12.8. The quantitative estimate of drug-likeness (QED) is 0.830. The Bertz CT molecular complexity index is 363. The van der Waals surface area contributed by atoms with Gasteiger partial charge in [0.05, 0.1) is 5.69 Å². The van der Waals surface area contributed by atoms with Crippen LogP contribution in [0.2, 0.25) is 17.6 Å². The molecule has 0 saturated carbocycles. The van der Waals surface area contributed by atoms with Gasteiger partial charge in [-0.05, 0) is 39.5 Å². The van der Waals surface area contributed by atoms with Crippen LogP contribution >= 0.6 is 15.9 Å². The summed E-state index contributed by atoms with van der Waals surface area (Å²) in [5, 5.41) is 3.62. The number of rotatable bonds is 3. The molecule has 2 rings (SSSR count). The van der Waals surface area contributed by atoms with Gasteiger partial charge in [0.2, 0.25) is 0 Å². The summed E-state index contributed by atoms with van der Waals surface area (Å²) in [7, 11) is -0.526. The first-order valence-corrected chi connectivity index (χ1v) is 9.36. The second-order valence-electron chi connectivity index (χ2n) is 4.70. The molecule has 1 nitrogen and oxygen atoms in total. The van der Waals surface area contributed by atoms with Crippen LogP contribution in [0.5, 0.6) is 0 Å². The third-order valence-corrected chi connectivity index (χ3v) is 8.40. The summed E-state index contributed by atoms with van der Waals surface area (Å²) in [6, 6.07) is 9.43. The van der Waals surface area contributed by atoms with Crippen LogP contribution in [0.1, 0.15) is 19.4 Å². The monoisotopic (exact) mass is 297 g/mol. The van der Waals surface area contributed by atoms with Gasteiger partial charge in [0, 0.05) is 19.8 Å². The summed E-state index contributed by atoms with van der Waals surface area (Å²) >= 11 is 3.62. The van der Waals surface area contributed by atoms with E-state index < -0.39 is 8.80 Å². The lowest BCUT2D eigenvalue weighted by molar-refractivity contribution is 0.795. The fourth-order valence-electron chi connectivity index (χ4n) is 2.81. The summed E-state index contributed by atoms with van der Waals surface area (Å²) in [4.78, 5) is 0. The van der Waals surface area contributed by atoms with E-state index in [0.717, 1.165) is 5.54 Å². The van der Waals surface area contributed by atoms with Crippen molar-refractivity contribution in [2.75, 3.05) is 11.9 Å². The highest BCUT2D eigenvalue weighted by atomic mass is 79.9. The molecule has 88 valence electrons. The molecule has 1 N–H and O–H groups in total. The minimum absolute atomic E-state index is 0.526. The summed E-state index contributed by atoms with van der Waals surface area (Å²) in [6.07, 6.45) is 1.29. The first kappa shape index (κ1) is 12.2. The van der Waals surface area contributed by atoms with Crippen molar-refractivity contribution in [2.24, 2.45) is 0 Å². The Morgan fingerprint density at radius 3 is 2.81 bits per heavy atom. The van der Waals surface area contributed by atoms with E-state index in [4.69, 9.17) is 0 Å². The van der Waals surface area contributed by atoms with Crippen LogP contribution in [0.25, 0.3) is 0 Å². The molecule has 0 bridgehead atoms. The Labute approximate surface area is 108 Å². The fourth-order valence-corrected chi connectivity index (χ4v) is 6.31. The van der Waals surface area contributed by atoms with E-state index in [0.29, 0.717) is 0 Å². The number of hydrogen-bond donors (Lipinski definition) is 1. The second-order valence-corrected chi connectivity index (χ2v) is 9.65. The number of halogens is 1. The Kier molecular flexibility index (Phi) is 4.09. The number of fused-ring (bicyclic) bond motifs is 1. The van der Waals surface area contributed by atoms with Gasteiger partial charge in [0.15, 0.2) is 0 Å². The van der Waals surface area contributed by atoms with Gasteiger partial charge >= 0.3 is 0 Å². The molecule has 0 aromatic heterocycles. The summed E-state index contributed by atoms with van der Waals surface area (Å²) in [5.74, 6) is 0. The minimum atomic E-state index is -0.526. The van der Waals surface area contributed by atoms with E-state index in [-0.39, 0.29) is 0 Å². The Hall–Kier alpha value is -0.283. The highest BCUT2D eigenvalue weighted by Gasteiger charge is 2.25. The third-order valence-electron chi connectivity index (χ3n) is 3.84. The van der Waals surface area contributed by atoms with Crippen molar-refractivity contribution >= 4 is 30.4 Å². The van der Waals surface area contributed by atoms with Gasteiger partial charge in [0.25, 0.3) is 0 Å². The van der Waals surface area contributed by atoms with E-state index in [1.807, 2.05) is 0 Å². The zero-order chi connectivity index (χ0) is 11.5. The number of anilines is 1. The highest BCUT2D eigenvalue weighted by molar-refractivity contribution is 9.10. The number of benzene rings is 1. The molecule has 1 aliphatic heterocycles. The molecule has 0 aliphatic carbocycles. The molecule has 1 aromatic carbocycles. The Morgan fingerprint density at radius 2 is 2.12 bits per heavy atom. The topological polar surface area (TPSA) is 12.0 Å². The van der Waals surface area contributed by atoms with Crippen molar-refractivity contribution in [3.8, 4) is 0 Å². The molecular formula is C13H20BrNSi. The molecule has 1 unspecified atom stereocenters. The maximum atomic E-state index is 3.62. The summed E-state index contributed by atoms with van der Waals surface area (Å²) in [5.41, 5.74) is 3.78. The van der Waals surface area contributed by atoms with Gasteiger partial charge in [-0.2, -0.15) is 0 Å². The Balaban J connectivity index is 2.17. The zero-order valence-electron chi connectivity index (χ0n) is 10.1. The first-order chi connectivity index (χ1) is 7.76. The SMILES string of the molecule is CC[SiH](CC)C1CNc2c(Br)cccc2C1. The van der Waals surface area contributed by atoms with Crippen molar-refractivity contribution in [3.05, 3.63) is 28.2 Å². The molecule has 0 spiro atoms. The van der Waals surface area contributed by atoms with Crippen LogP contribution in [-0.4, -0.2) is 15.3 Å². The molecule has 1 atom stereocenters. The van der Waals surface area contributed by atoms with Crippen molar-refractivity contribution in [2.45, 2.75) is 37.9 Å². The number of para-hydroxylation sites is 1. The lowest BCUT2D eigenvalue weighted by Crippen LogP contribution is -2.30. The molecule has 1 aromatic rings. The predicted molar refractivity (Wildman–Crippen MR) is 78.2 cm³/mol. The molecule has 0 saturated heterocycles. The predicted octanol–water partition coefficient (Wildman–Crippen LogP) is 4.05. The van der Waals surface area contributed by atoms with Crippen LogP contribution < -0.4 is 5.32 Å². The van der Waals surface area contributed by atoms with Gasteiger partial charge in [-0.25, -0.2) is 0 Å². The van der Waals surface area contributed by atoms with Gasteiger partial charge < -0.3 is 5.32 Å². The normalized spacial score (nSPS) is 19.4. The molecule has 1 heterocycles.